The van der Waals surface area contributed by atoms with Gasteiger partial charge in [-0.25, -0.2) is 4.39 Å². The molecule has 0 aliphatic heterocycles. The summed E-state index contributed by atoms with van der Waals surface area (Å²) in [6.45, 7) is 0. The molecule has 0 aromatic heterocycles. The number of hydrogen-bond donors (Lipinski definition) is 1. The lowest BCUT2D eigenvalue weighted by Gasteiger charge is -2.07. The highest BCUT2D eigenvalue weighted by Gasteiger charge is 2.05. The molecule has 0 radical (unpaired) electrons. The molecule has 2 aromatic rings. The van der Waals surface area contributed by atoms with E-state index >= 15 is 0 Å². The second-order valence-electron chi connectivity index (χ2n) is 3.71. The van der Waals surface area contributed by atoms with Gasteiger partial charge in [-0.05, 0) is 42.0 Å². The summed E-state index contributed by atoms with van der Waals surface area (Å²) >= 11 is 13.3. The SMILES string of the molecule is Nc1cc(Cl)ccc1SCc1cc(F)ccc1Cl. The number of nitrogens with two attached hydrogens (primary N) is 1. The summed E-state index contributed by atoms with van der Waals surface area (Å²) in [4.78, 5) is 0.903. The molecule has 0 amide bonds. The first-order chi connectivity index (χ1) is 8.56. The number of nitrogen functional groups attached to an aromatic ring is 1. The monoisotopic (exact) mass is 301 g/mol. The van der Waals surface area contributed by atoms with Crippen molar-refractivity contribution in [3.8, 4) is 0 Å². The molecule has 1 nitrogen and oxygen atoms in total. The van der Waals surface area contributed by atoms with Crippen molar-refractivity contribution in [1.82, 2.24) is 0 Å². The van der Waals surface area contributed by atoms with E-state index in [4.69, 9.17) is 28.9 Å². The van der Waals surface area contributed by atoms with Gasteiger partial charge >= 0.3 is 0 Å². The zero-order valence-corrected chi connectivity index (χ0v) is 11.6. The standard InChI is InChI=1S/C13H10Cl2FNS/c14-9-1-4-13(12(17)6-9)18-7-8-5-10(16)2-3-11(8)15/h1-6H,7,17H2. The van der Waals surface area contributed by atoms with Crippen LogP contribution in [0.3, 0.4) is 0 Å². The van der Waals surface area contributed by atoms with Crippen molar-refractivity contribution in [2.75, 3.05) is 5.73 Å². The average Bonchev–Trinajstić information content (AvgIpc) is 2.32. The second kappa shape index (κ2) is 5.83. The fourth-order valence-electron chi connectivity index (χ4n) is 1.46. The van der Waals surface area contributed by atoms with Crippen LogP contribution in [0.4, 0.5) is 10.1 Å². The largest absolute Gasteiger partial charge is 0.398 e. The Morgan fingerprint density at radius 2 is 1.89 bits per heavy atom. The Hall–Kier alpha value is -0.900. The van der Waals surface area contributed by atoms with Crippen molar-refractivity contribution in [3.63, 3.8) is 0 Å². The third-order valence-corrected chi connectivity index (χ3v) is 4.10. The molecule has 0 heterocycles. The summed E-state index contributed by atoms with van der Waals surface area (Å²) in [7, 11) is 0. The quantitative estimate of drug-likeness (QED) is 0.637. The number of rotatable bonds is 3. The summed E-state index contributed by atoms with van der Waals surface area (Å²) in [5, 5.41) is 1.15. The molecular weight excluding hydrogens is 292 g/mol. The van der Waals surface area contributed by atoms with Gasteiger partial charge in [0.1, 0.15) is 5.82 Å². The van der Waals surface area contributed by atoms with Gasteiger partial charge in [0.15, 0.2) is 0 Å². The molecule has 0 saturated heterocycles. The van der Waals surface area contributed by atoms with E-state index in [1.165, 1.54) is 23.9 Å². The van der Waals surface area contributed by atoms with E-state index in [0.29, 0.717) is 21.5 Å². The Morgan fingerprint density at radius 3 is 2.61 bits per heavy atom. The normalized spacial score (nSPS) is 10.6. The Labute approximate surface area is 119 Å². The van der Waals surface area contributed by atoms with Crippen LogP contribution < -0.4 is 5.73 Å². The molecule has 0 unspecified atom stereocenters. The van der Waals surface area contributed by atoms with Crippen LogP contribution in [0.2, 0.25) is 10.0 Å². The van der Waals surface area contributed by atoms with Crippen LogP contribution in [0.5, 0.6) is 0 Å². The average molecular weight is 302 g/mol. The minimum Gasteiger partial charge on any atom is -0.398 e. The van der Waals surface area contributed by atoms with Crippen LogP contribution in [-0.2, 0) is 5.75 Å². The van der Waals surface area contributed by atoms with Crippen LogP contribution in [-0.4, -0.2) is 0 Å². The molecule has 18 heavy (non-hydrogen) atoms. The van der Waals surface area contributed by atoms with Crippen LogP contribution in [0, 0.1) is 5.82 Å². The number of hydrogen-bond acceptors (Lipinski definition) is 2. The molecule has 0 aliphatic carbocycles. The lowest BCUT2D eigenvalue weighted by Crippen LogP contribution is -1.90. The Balaban J connectivity index is 2.13. The maximum Gasteiger partial charge on any atom is 0.123 e. The summed E-state index contributed by atoms with van der Waals surface area (Å²) in [6, 6.07) is 9.63. The predicted octanol–water partition coefficient (Wildman–Crippen LogP) is 5.01. The highest BCUT2D eigenvalue weighted by molar-refractivity contribution is 7.98. The van der Waals surface area contributed by atoms with E-state index in [1.54, 1.807) is 18.2 Å². The Kier molecular flexibility index (Phi) is 4.38. The van der Waals surface area contributed by atoms with Crippen LogP contribution in [0.15, 0.2) is 41.3 Å². The molecule has 0 fully saturated rings. The minimum atomic E-state index is -0.293. The van der Waals surface area contributed by atoms with Gasteiger partial charge in [0.25, 0.3) is 0 Å². The van der Waals surface area contributed by atoms with Gasteiger partial charge < -0.3 is 5.73 Å². The highest BCUT2D eigenvalue weighted by atomic mass is 35.5. The highest BCUT2D eigenvalue weighted by Crippen LogP contribution is 2.32. The van der Waals surface area contributed by atoms with Crippen molar-refractivity contribution in [2.24, 2.45) is 0 Å². The van der Waals surface area contributed by atoms with Crippen LogP contribution >= 0.6 is 35.0 Å². The molecular formula is C13H10Cl2FNS. The maximum absolute atomic E-state index is 13.1. The molecule has 0 aliphatic rings. The van der Waals surface area contributed by atoms with E-state index in [9.17, 15) is 4.39 Å². The second-order valence-corrected chi connectivity index (χ2v) is 5.57. The predicted molar refractivity (Wildman–Crippen MR) is 76.8 cm³/mol. The fourth-order valence-corrected chi connectivity index (χ4v) is 2.84. The number of thioether (sulfide) groups is 1. The lowest BCUT2D eigenvalue weighted by molar-refractivity contribution is 0.626. The molecule has 0 bridgehead atoms. The van der Waals surface area contributed by atoms with E-state index in [-0.39, 0.29) is 5.82 Å². The zero-order valence-electron chi connectivity index (χ0n) is 9.29. The molecule has 5 heteroatoms. The minimum absolute atomic E-state index is 0.293. The molecule has 2 N–H and O–H groups in total. The molecule has 2 rings (SSSR count). The van der Waals surface area contributed by atoms with Crippen molar-refractivity contribution < 1.29 is 4.39 Å². The summed E-state index contributed by atoms with van der Waals surface area (Å²) < 4.78 is 13.1. The van der Waals surface area contributed by atoms with Crippen molar-refractivity contribution in [3.05, 3.63) is 57.8 Å². The van der Waals surface area contributed by atoms with Gasteiger partial charge in [-0.2, -0.15) is 0 Å². The van der Waals surface area contributed by atoms with Gasteiger partial charge in [0, 0.05) is 26.4 Å². The molecule has 0 atom stereocenters. The van der Waals surface area contributed by atoms with Gasteiger partial charge in [0.05, 0.1) is 0 Å². The number of benzene rings is 2. The van der Waals surface area contributed by atoms with E-state index in [1.807, 2.05) is 6.07 Å². The van der Waals surface area contributed by atoms with Crippen LogP contribution in [0.1, 0.15) is 5.56 Å². The van der Waals surface area contributed by atoms with Gasteiger partial charge in [0.2, 0.25) is 0 Å². The van der Waals surface area contributed by atoms with E-state index < -0.39 is 0 Å². The third kappa shape index (κ3) is 3.31. The Bertz CT molecular complexity index is 575. The number of halogens is 3. The zero-order chi connectivity index (χ0) is 13.1. The van der Waals surface area contributed by atoms with E-state index in [2.05, 4.69) is 0 Å². The fraction of sp³-hybridized carbons (Fsp3) is 0.0769. The maximum atomic E-state index is 13.1. The van der Waals surface area contributed by atoms with Crippen LogP contribution in [0.25, 0.3) is 0 Å². The third-order valence-electron chi connectivity index (χ3n) is 2.36. The first-order valence-corrected chi connectivity index (χ1v) is 6.92. The first-order valence-electron chi connectivity index (χ1n) is 5.18. The smallest absolute Gasteiger partial charge is 0.123 e. The summed E-state index contributed by atoms with van der Waals surface area (Å²) in [5.74, 6) is 0.265. The number of anilines is 1. The van der Waals surface area contributed by atoms with Crippen molar-refractivity contribution in [2.45, 2.75) is 10.6 Å². The first kappa shape index (κ1) is 13.5. The summed E-state index contributed by atoms with van der Waals surface area (Å²) in [5.41, 5.74) is 7.20. The van der Waals surface area contributed by atoms with Gasteiger partial charge in [-0.3, -0.25) is 0 Å². The molecule has 2 aromatic carbocycles. The summed E-state index contributed by atoms with van der Waals surface area (Å²) in [6.07, 6.45) is 0. The molecule has 0 spiro atoms. The van der Waals surface area contributed by atoms with E-state index in [0.717, 1.165) is 10.5 Å². The lowest BCUT2D eigenvalue weighted by atomic mass is 10.2. The Morgan fingerprint density at radius 1 is 1.11 bits per heavy atom. The topological polar surface area (TPSA) is 26.0 Å². The van der Waals surface area contributed by atoms with Crippen molar-refractivity contribution >= 4 is 40.7 Å². The molecule has 0 saturated carbocycles. The van der Waals surface area contributed by atoms with Gasteiger partial charge in [-0.15, -0.1) is 11.8 Å². The van der Waals surface area contributed by atoms with Crippen molar-refractivity contribution in [1.29, 1.82) is 0 Å². The molecule has 94 valence electrons. The van der Waals surface area contributed by atoms with Gasteiger partial charge in [-0.1, -0.05) is 23.2 Å².